The van der Waals surface area contributed by atoms with Crippen LogP contribution in [0.1, 0.15) is 49.6 Å². The first-order valence-corrected chi connectivity index (χ1v) is 4.41. The van der Waals surface area contributed by atoms with Crippen molar-refractivity contribution in [3.05, 3.63) is 23.2 Å². The number of Topliss-reactive ketones (excluding diaryl/α,β-unsaturated/α-hetero) is 1. The molecule has 0 spiro atoms. The van der Waals surface area contributed by atoms with Gasteiger partial charge >= 0.3 is 0 Å². The van der Waals surface area contributed by atoms with Crippen LogP contribution in [0.25, 0.3) is 0 Å². The topological polar surface area (TPSA) is 54.0 Å². The molecule has 0 saturated carbocycles. The highest BCUT2D eigenvalue weighted by Gasteiger charge is 2.24. The molecule has 14 heavy (non-hydrogen) atoms. The molecule has 1 rings (SSSR count). The third-order valence-corrected chi connectivity index (χ3v) is 1.88. The molecule has 0 radical (unpaired) electrons. The molecule has 0 bridgehead atoms. The van der Waals surface area contributed by atoms with Gasteiger partial charge in [-0.05, 0) is 0 Å². The molecule has 3 heteroatoms. The van der Waals surface area contributed by atoms with Gasteiger partial charge in [-0.25, -0.2) is 0 Å². The van der Waals surface area contributed by atoms with Gasteiger partial charge in [0.05, 0.1) is 5.56 Å². The van der Waals surface area contributed by atoms with Crippen LogP contribution in [0, 0.1) is 11.3 Å². The standard InChI is InChI=1S/C11H13NO2/c1-7(13)9-5-8(6-12)10(14-9)11(2,3)4/h5H,1-4H3. The van der Waals surface area contributed by atoms with E-state index in [2.05, 4.69) is 0 Å². The van der Waals surface area contributed by atoms with Gasteiger partial charge in [-0.3, -0.25) is 4.79 Å². The van der Waals surface area contributed by atoms with Crippen LogP contribution in [0.4, 0.5) is 0 Å². The Morgan fingerprint density at radius 1 is 1.50 bits per heavy atom. The summed E-state index contributed by atoms with van der Waals surface area (Å²) < 4.78 is 5.36. The first-order valence-electron chi connectivity index (χ1n) is 4.41. The lowest BCUT2D eigenvalue weighted by atomic mass is 9.91. The predicted molar refractivity (Wildman–Crippen MR) is 52.1 cm³/mol. The number of carbonyl (C=O) groups is 1. The van der Waals surface area contributed by atoms with E-state index in [1.807, 2.05) is 26.8 Å². The molecule has 3 nitrogen and oxygen atoms in total. The summed E-state index contributed by atoms with van der Waals surface area (Å²) in [5.74, 6) is 0.675. The van der Waals surface area contributed by atoms with Crippen molar-refractivity contribution >= 4 is 5.78 Å². The van der Waals surface area contributed by atoms with E-state index < -0.39 is 0 Å². The SMILES string of the molecule is CC(=O)c1cc(C#N)c(C(C)(C)C)o1. The quantitative estimate of drug-likeness (QED) is 0.641. The Balaban J connectivity index is 3.31. The summed E-state index contributed by atoms with van der Waals surface area (Å²) in [6, 6.07) is 3.53. The zero-order valence-corrected chi connectivity index (χ0v) is 8.84. The Kier molecular flexibility index (Phi) is 2.48. The lowest BCUT2D eigenvalue weighted by Crippen LogP contribution is -2.11. The molecule has 0 aliphatic heterocycles. The summed E-state index contributed by atoms with van der Waals surface area (Å²) in [5, 5.41) is 8.86. The van der Waals surface area contributed by atoms with Crippen LogP contribution in [-0.2, 0) is 5.41 Å². The number of hydrogen-bond acceptors (Lipinski definition) is 3. The lowest BCUT2D eigenvalue weighted by Gasteiger charge is -2.14. The Morgan fingerprint density at radius 3 is 2.36 bits per heavy atom. The molecule has 1 heterocycles. The van der Waals surface area contributed by atoms with Crippen molar-refractivity contribution in [3.8, 4) is 6.07 Å². The Hall–Kier alpha value is -1.56. The third kappa shape index (κ3) is 1.85. The fourth-order valence-corrected chi connectivity index (χ4v) is 1.20. The van der Waals surface area contributed by atoms with Crippen molar-refractivity contribution < 1.29 is 9.21 Å². The maximum absolute atomic E-state index is 11.1. The zero-order chi connectivity index (χ0) is 10.9. The number of rotatable bonds is 1. The fourth-order valence-electron chi connectivity index (χ4n) is 1.20. The lowest BCUT2D eigenvalue weighted by molar-refractivity contribution is 0.0984. The summed E-state index contributed by atoms with van der Waals surface area (Å²) in [6.45, 7) is 7.25. The molecule has 0 amide bonds. The van der Waals surface area contributed by atoms with Crippen LogP contribution in [0.3, 0.4) is 0 Å². The number of nitriles is 1. The first kappa shape index (κ1) is 10.5. The van der Waals surface area contributed by atoms with Gasteiger partial charge in [0.1, 0.15) is 11.8 Å². The van der Waals surface area contributed by atoms with E-state index in [4.69, 9.17) is 9.68 Å². The number of nitrogens with zero attached hydrogens (tertiary/aromatic N) is 1. The van der Waals surface area contributed by atoms with Crippen molar-refractivity contribution in [3.63, 3.8) is 0 Å². The van der Waals surface area contributed by atoms with E-state index in [0.29, 0.717) is 11.3 Å². The fraction of sp³-hybridized carbons (Fsp3) is 0.455. The van der Waals surface area contributed by atoms with Crippen LogP contribution in [0.2, 0.25) is 0 Å². The first-order chi connectivity index (χ1) is 6.36. The zero-order valence-electron chi connectivity index (χ0n) is 8.84. The molecule has 1 aromatic rings. The average molecular weight is 191 g/mol. The molecule has 0 aliphatic carbocycles. The van der Waals surface area contributed by atoms with Crippen molar-refractivity contribution in [2.45, 2.75) is 33.1 Å². The molecule has 0 unspecified atom stereocenters. The highest BCUT2D eigenvalue weighted by Crippen LogP contribution is 2.28. The molecule has 74 valence electrons. The van der Waals surface area contributed by atoms with Crippen molar-refractivity contribution in [2.75, 3.05) is 0 Å². The predicted octanol–water partition coefficient (Wildman–Crippen LogP) is 2.65. The van der Waals surface area contributed by atoms with E-state index in [1.165, 1.54) is 13.0 Å². The summed E-state index contributed by atoms with van der Waals surface area (Å²) in [7, 11) is 0. The van der Waals surface area contributed by atoms with E-state index in [9.17, 15) is 4.79 Å². The van der Waals surface area contributed by atoms with Crippen molar-refractivity contribution in [1.29, 1.82) is 5.26 Å². The van der Waals surface area contributed by atoms with Gasteiger partial charge in [0, 0.05) is 18.4 Å². The van der Waals surface area contributed by atoms with Crippen LogP contribution in [0.5, 0.6) is 0 Å². The monoisotopic (exact) mass is 191 g/mol. The summed E-state index contributed by atoms with van der Waals surface area (Å²) in [5.41, 5.74) is 0.196. The molecule has 0 atom stereocenters. The summed E-state index contributed by atoms with van der Waals surface area (Å²) in [6.07, 6.45) is 0. The maximum atomic E-state index is 11.1. The molecule has 1 aromatic heterocycles. The van der Waals surface area contributed by atoms with E-state index >= 15 is 0 Å². The van der Waals surface area contributed by atoms with Gasteiger partial charge in [-0.15, -0.1) is 0 Å². The number of hydrogen-bond donors (Lipinski definition) is 0. The van der Waals surface area contributed by atoms with Gasteiger partial charge in [0.15, 0.2) is 11.5 Å². The van der Waals surface area contributed by atoms with E-state index in [1.54, 1.807) is 0 Å². The second kappa shape index (κ2) is 3.30. The smallest absolute Gasteiger partial charge is 0.194 e. The second-order valence-electron chi connectivity index (χ2n) is 4.27. The third-order valence-electron chi connectivity index (χ3n) is 1.88. The normalized spacial score (nSPS) is 11.1. The minimum Gasteiger partial charge on any atom is -0.456 e. The van der Waals surface area contributed by atoms with Gasteiger partial charge in [-0.2, -0.15) is 5.26 Å². The molecule has 0 N–H and O–H groups in total. The van der Waals surface area contributed by atoms with Crippen LogP contribution >= 0.6 is 0 Å². The number of ketones is 1. The summed E-state index contributed by atoms with van der Waals surface area (Å²) in [4.78, 5) is 11.1. The van der Waals surface area contributed by atoms with E-state index in [-0.39, 0.29) is 17.0 Å². The highest BCUT2D eigenvalue weighted by molar-refractivity contribution is 5.91. The van der Waals surface area contributed by atoms with Crippen molar-refractivity contribution in [2.24, 2.45) is 0 Å². The van der Waals surface area contributed by atoms with Crippen LogP contribution in [-0.4, -0.2) is 5.78 Å². The largest absolute Gasteiger partial charge is 0.456 e. The van der Waals surface area contributed by atoms with E-state index in [0.717, 1.165) is 0 Å². The Morgan fingerprint density at radius 2 is 2.07 bits per heavy atom. The molecular weight excluding hydrogens is 178 g/mol. The van der Waals surface area contributed by atoms with Gasteiger partial charge in [-0.1, -0.05) is 20.8 Å². The second-order valence-corrected chi connectivity index (χ2v) is 4.27. The molecule has 0 fully saturated rings. The molecule has 0 aromatic carbocycles. The molecule has 0 aliphatic rings. The van der Waals surface area contributed by atoms with Gasteiger partial charge < -0.3 is 4.42 Å². The summed E-state index contributed by atoms with van der Waals surface area (Å²) >= 11 is 0. The van der Waals surface area contributed by atoms with Crippen LogP contribution in [0.15, 0.2) is 10.5 Å². The molecule has 0 saturated heterocycles. The molecular formula is C11H13NO2. The average Bonchev–Trinajstić information content (AvgIpc) is 2.46. The maximum Gasteiger partial charge on any atom is 0.194 e. The number of furan rings is 1. The number of carbonyl (C=O) groups excluding carboxylic acids is 1. The van der Waals surface area contributed by atoms with Gasteiger partial charge in [0.25, 0.3) is 0 Å². The minimum atomic E-state index is -0.251. The minimum absolute atomic E-state index is 0.156. The Bertz CT molecular complexity index is 402. The van der Waals surface area contributed by atoms with Gasteiger partial charge in [0.2, 0.25) is 0 Å². The Labute approximate surface area is 83.3 Å². The van der Waals surface area contributed by atoms with Crippen molar-refractivity contribution in [1.82, 2.24) is 0 Å². The highest BCUT2D eigenvalue weighted by atomic mass is 16.3. The van der Waals surface area contributed by atoms with Crippen LogP contribution < -0.4 is 0 Å².